The Morgan fingerprint density at radius 3 is 0.722 bits per heavy atom. The van der Waals surface area contributed by atoms with Gasteiger partial charge in [0.15, 0.2) is 0 Å². The molecule has 4 aliphatic heterocycles. The van der Waals surface area contributed by atoms with Crippen molar-refractivity contribution in [2.75, 3.05) is 9.80 Å². The van der Waals surface area contributed by atoms with Crippen molar-refractivity contribution in [1.29, 1.82) is 0 Å². The van der Waals surface area contributed by atoms with Gasteiger partial charge in [0.2, 0.25) is 13.4 Å². The number of rotatable bonds is 12. The third kappa shape index (κ3) is 10.8. The first-order valence-corrected chi connectivity index (χ1v) is 38.9. The molecule has 0 atom stereocenters. The standard InChI is InChI=1S/C102H66B2N2S2/c1-7-31-67(32-8-1)77-43-19-23-47-81(77)73-55-57-87-97(61-73)107-99-63-75(83-49-25-21-45-79(83)69-35-11-3-12-36-69)59-95-101(99)103(87)89-65-90-94(66-93(89)105(95)91-53-29-27-51-85(91)71-39-15-5-16-40-71)106(92-54-30-28-52-86(92)72-41-17-6-18-42-72)96-60-76(84-50-26-22-46-80(84)70-37-13-4-14-38-70)64-100-102(96)104(90)88-58-56-74(62-98(88)108-100)82-48-24-20-44-78(82)68-33-9-2-10-34-68/h1-66H. The molecule has 0 amide bonds. The van der Waals surface area contributed by atoms with Crippen LogP contribution in [0.25, 0.3) is 111 Å². The molecule has 108 heavy (non-hydrogen) atoms. The summed E-state index contributed by atoms with van der Waals surface area (Å²) >= 11 is 3.85. The summed E-state index contributed by atoms with van der Waals surface area (Å²) in [6, 6.07) is 150. The number of nitrogens with zero attached hydrogens (tertiary/aromatic N) is 2. The average Bonchev–Trinajstić information content (AvgIpc) is 0.686. The molecule has 2 nitrogen and oxygen atoms in total. The van der Waals surface area contributed by atoms with E-state index >= 15 is 0 Å². The topological polar surface area (TPSA) is 6.48 Å². The van der Waals surface area contributed by atoms with E-state index in [1.165, 1.54) is 142 Å². The van der Waals surface area contributed by atoms with Crippen molar-refractivity contribution >= 4 is 104 Å². The van der Waals surface area contributed by atoms with Gasteiger partial charge in [0.25, 0.3) is 0 Å². The Hall–Kier alpha value is -12.8. The number of fused-ring (bicyclic) bond motifs is 8. The highest BCUT2D eigenvalue weighted by Gasteiger charge is 2.47. The molecule has 0 radical (unpaired) electrons. The maximum Gasteiger partial charge on any atom is 0.249 e. The van der Waals surface area contributed by atoms with Crippen LogP contribution in [0.2, 0.25) is 0 Å². The lowest BCUT2D eigenvalue weighted by molar-refractivity contribution is 1.24. The average molecular weight is 1410 g/mol. The van der Waals surface area contributed by atoms with E-state index in [1.807, 2.05) is 23.5 Å². The van der Waals surface area contributed by atoms with Crippen molar-refractivity contribution in [3.8, 4) is 111 Å². The minimum atomic E-state index is -0.180. The van der Waals surface area contributed by atoms with Crippen molar-refractivity contribution in [1.82, 2.24) is 0 Å². The molecule has 0 aliphatic carbocycles. The van der Waals surface area contributed by atoms with E-state index in [2.05, 4.69) is 410 Å². The van der Waals surface area contributed by atoms with Gasteiger partial charge in [-0.15, -0.1) is 0 Å². The molecule has 6 heteroatoms. The highest BCUT2D eigenvalue weighted by molar-refractivity contribution is 8.00. The Kier molecular flexibility index (Phi) is 15.7. The number of benzene rings is 17. The summed E-state index contributed by atoms with van der Waals surface area (Å²) in [4.78, 5) is 10.4. The smallest absolute Gasteiger partial charge is 0.249 e. The van der Waals surface area contributed by atoms with Gasteiger partial charge in [0, 0.05) is 53.5 Å². The summed E-state index contributed by atoms with van der Waals surface area (Å²) in [7, 11) is 0. The minimum absolute atomic E-state index is 0.180. The SMILES string of the molecule is c1ccc(-c2ccccc2-c2ccc3c(c2)Sc2cc(-c4ccccc4-c4ccccc4)cc4c2B3c2cc3c(cc2N4c2ccccc2-c2ccccc2)N(c2ccccc2-c2ccccc2)c2cc(-c4ccccc4-c4ccccc4)cc4c2B3c2ccc(-c3ccccc3-c3ccccc3)cc2S4)cc1. The van der Waals surface area contributed by atoms with Crippen molar-refractivity contribution in [2.24, 2.45) is 0 Å². The summed E-state index contributed by atoms with van der Waals surface area (Å²) in [5.41, 5.74) is 38.3. The summed E-state index contributed by atoms with van der Waals surface area (Å²) in [6.45, 7) is -0.360. The zero-order valence-electron chi connectivity index (χ0n) is 59.0. The van der Waals surface area contributed by atoms with Crippen molar-refractivity contribution in [2.45, 2.75) is 19.6 Å². The van der Waals surface area contributed by atoms with Crippen molar-refractivity contribution < 1.29 is 0 Å². The second-order valence-electron chi connectivity index (χ2n) is 28.4. The van der Waals surface area contributed by atoms with E-state index in [0.29, 0.717) is 0 Å². The lowest BCUT2D eigenvalue weighted by Crippen LogP contribution is -2.64. The summed E-state index contributed by atoms with van der Waals surface area (Å²) in [6.07, 6.45) is 0. The summed E-state index contributed by atoms with van der Waals surface area (Å²) in [5.74, 6) is 0. The maximum absolute atomic E-state index is 2.70. The Labute approximate surface area is 640 Å². The van der Waals surface area contributed by atoms with Crippen LogP contribution in [0.1, 0.15) is 0 Å². The Balaban J connectivity index is 0.883. The molecule has 0 N–H and O–H groups in total. The summed E-state index contributed by atoms with van der Waals surface area (Å²) in [5, 5.41) is 0. The molecule has 0 unspecified atom stereocenters. The Bertz CT molecular complexity index is 6000. The molecule has 0 bridgehead atoms. The first-order valence-electron chi connectivity index (χ1n) is 37.3. The van der Waals surface area contributed by atoms with Gasteiger partial charge in [-0.2, -0.15) is 0 Å². The lowest BCUT2D eigenvalue weighted by atomic mass is 9.31. The highest BCUT2D eigenvalue weighted by Crippen LogP contribution is 2.53. The largest absolute Gasteiger partial charge is 0.311 e. The molecular formula is C102H66B2N2S2. The third-order valence-electron chi connectivity index (χ3n) is 22.4. The molecule has 21 rings (SSSR count). The molecule has 502 valence electrons. The number of para-hydroxylation sites is 2. The first kappa shape index (κ1) is 63.6. The Morgan fingerprint density at radius 2 is 0.407 bits per heavy atom. The van der Waals surface area contributed by atoms with Crippen LogP contribution in [0.4, 0.5) is 34.1 Å². The minimum Gasteiger partial charge on any atom is -0.311 e. The monoisotopic (exact) mass is 1400 g/mol. The lowest BCUT2D eigenvalue weighted by Gasteiger charge is -2.45. The zero-order valence-corrected chi connectivity index (χ0v) is 60.6. The van der Waals surface area contributed by atoms with Gasteiger partial charge in [-0.1, -0.05) is 380 Å². The second kappa shape index (κ2) is 26.6. The van der Waals surface area contributed by atoms with Crippen molar-refractivity contribution in [3.63, 3.8) is 0 Å². The number of hydrogen-bond donors (Lipinski definition) is 0. The molecule has 4 heterocycles. The van der Waals surface area contributed by atoms with E-state index in [-0.39, 0.29) is 13.4 Å². The van der Waals surface area contributed by atoms with Gasteiger partial charge >= 0.3 is 0 Å². The Morgan fingerprint density at radius 1 is 0.157 bits per heavy atom. The predicted octanol–water partition coefficient (Wildman–Crippen LogP) is 23.9. The van der Waals surface area contributed by atoms with Gasteiger partial charge in [-0.3, -0.25) is 0 Å². The van der Waals surface area contributed by atoms with E-state index in [9.17, 15) is 0 Å². The fourth-order valence-electron chi connectivity index (χ4n) is 17.6. The first-order chi connectivity index (χ1) is 53.6. The van der Waals surface area contributed by atoms with Gasteiger partial charge in [0.05, 0.1) is 11.4 Å². The molecule has 0 saturated carbocycles. The molecule has 0 saturated heterocycles. The maximum atomic E-state index is 2.70. The molecule has 0 fully saturated rings. The molecule has 17 aromatic rings. The van der Waals surface area contributed by atoms with E-state index in [1.54, 1.807) is 0 Å². The van der Waals surface area contributed by atoms with Crippen LogP contribution in [0.3, 0.4) is 0 Å². The summed E-state index contributed by atoms with van der Waals surface area (Å²) < 4.78 is 0. The van der Waals surface area contributed by atoms with Crippen LogP contribution < -0.4 is 42.6 Å². The van der Waals surface area contributed by atoms with E-state index in [0.717, 1.165) is 56.1 Å². The number of anilines is 6. The van der Waals surface area contributed by atoms with Crippen molar-refractivity contribution in [3.05, 3.63) is 400 Å². The predicted molar refractivity (Wildman–Crippen MR) is 461 cm³/mol. The van der Waals surface area contributed by atoms with Crippen LogP contribution in [-0.4, -0.2) is 13.4 Å². The molecule has 17 aromatic carbocycles. The van der Waals surface area contributed by atoms with Gasteiger partial charge in [-0.25, -0.2) is 0 Å². The quantitative estimate of drug-likeness (QED) is 0.112. The second-order valence-corrected chi connectivity index (χ2v) is 30.6. The molecule has 0 aromatic heterocycles. The molecular weight excluding hydrogens is 1340 g/mol. The van der Waals surface area contributed by atoms with Gasteiger partial charge in [-0.05, 0) is 177 Å². The van der Waals surface area contributed by atoms with Crippen LogP contribution in [-0.2, 0) is 0 Å². The van der Waals surface area contributed by atoms with Crippen LogP contribution in [0.5, 0.6) is 0 Å². The molecule has 0 spiro atoms. The van der Waals surface area contributed by atoms with Crippen LogP contribution in [0, 0.1) is 0 Å². The fourth-order valence-corrected chi connectivity index (χ4v) is 20.1. The molecule has 4 aliphatic rings. The van der Waals surface area contributed by atoms with Gasteiger partial charge < -0.3 is 9.80 Å². The van der Waals surface area contributed by atoms with Crippen LogP contribution >= 0.6 is 23.5 Å². The third-order valence-corrected chi connectivity index (χ3v) is 24.7. The van der Waals surface area contributed by atoms with E-state index in [4.69, 9.17) is 0 Å². The van der Waals surface area contributed by atoms with Crippen LogP contribution in [0.15, 0.2) is 420 Å². The van der Waals surface area contributed by atoms with E-state index < -0.39 is 0 Å². The normalized spacial score (nSPS) is 12.7. The highest BCUT2D eigenvalue weighted by atomic mass is 32.2. The number of hydrogen-bond acceptors (Lipinski definition) is 4. The fraction of sp³-hybridized carbons (Fsp3) is 0. The van der Waals surface area contributed by atoms with Gasteiger partial charge in [0.1, 0.15) is 0 Å². The zero-order chi connectivity index (χ0) is 71.2.